The SMILES string of the molecule is c1ccc(-c2nc3ccc4c(-c5cccc(-c6ccc7ccc8cccnc8c7n6)c5)nc5ccccc5c4c3nc2-c2ccccc2)cc1. The molecule has 0 bridgehead atoms. The predicted octanol–water partition coefficient (Wildman–Crippen LogP) is 11.1. The fraction of sp³-hybridized carbons (Fsp3) is 0. The van der Waals surface area contributed by atoms with Crippen LogP contribution >= 0.6 is 0 Å². The minimum absolute atomic E-state index is 0.841. The van der Waals surface area contributed by atoms with Crippen LogP contribution in [0, 0.1) is 0 Å². The summed E-state index contributed by atoms with van der Waals surface area (Å²) in [6.45, 7) is 0. The lowest BCUT2D eigenvalue weighted by Gasteiger charge is -2.15. The van der Waals surface area contributed by atoms with Crippen LogP contribution in [0.4, 0.5) is 0 Å². The summed E-state index contributed by atoms with van der Waals surface area (Å²) in [5, 5.41) is 5.25. The molecule has 5 nitrogen and oxygen atoms in total. The minimum atomic E-state index is 0.841. The second-order valence-electron chi connectivity index (χ2n) is 12.5. The highest BCUT2D eigenvalue weighted by Crippen LogP contribution is 2.39. The van der Waals surface area contributed by atoms with E-state index in [0.29, 0.717) is 0 Å². The van der Waals surface area contributed by atoms with Crippen LogP contribution in [-0.2, 0) is 0 Å². The Bertz CT molecular complexity index is 2920. The van der Waals surface area contributed by atoms with Gasteiger partial charge in [-0.2, -0.15) is 0 Å². The molecule has 0 fully saturated rings. The van der Waals surface area contributed by atoms with Gasteiger partial charge >= 0.3 is 0 Å². The highest BCUT2D eigenvalue weighted by Gasteiger charge is 2.19. The Balaban J connectivity index is 1.21. The average molecular weight is 638 g/mol. The van der Waals surface area contributed by atoms with Crippen molar-refractivity contribution >= 4 is 54.5 Å². The topological polar surface area (TPSA) is 64.5 Å². The zero-order chi connectivity index (χ0) is 33.0. The van der Waals surface area contributed by atoms with Gasteiger partial charge in [0, 0.05) is 55.4 Å². The summed E-state index contributed by atoms with van der Waals surface area (Å²) >= 11 is 0. The summed E-state index contributed by atoms with van der Waals surface area (Å²) in [4.78, 5) is 25.8. The first-order valence-corrected chi connectivity index (χ1v) is 16.7. The molecule has 0 saturated heterocycles. The monoisotopic (exact) mass is 637 g/mol. The largest absolute Gasteiger partial charge is 0.254 e. The molecule has 50 heavy (non-hydrogen) atoms. The van der Waals surface area contributed by atoms with Gasteiger partial charge in [0.05, 0.1) is 50.4 Å². The van der Waals surface area contributed by atoms with Crippen molar-refractivity contribution in [3.8, 4) is 45.0 Å². The van der Waals surface area contributed by atoms with Gasteiger partial charge in [-0.3, -0.25) is 4.98 Å². The second kappa shape index (κ2) is 11.4. The van der Waals surface area contributed by atoms with Crippen molar-refractivity contribution in [3.63, 3.8) is 0 Å². The zero-order valence-corrected chi connectivity index (χ0v) is 26.8. The third kappa shape index (κ3) is 4.60. The van der Waals surface area contributed by atoms with Crippen molar-refractivity contribution in [2.24, 2.45) is 0 Å². The number of aromatic nitrogens is 5. The molecule has 0 amide bonds. The van der Waals surface area contributed by atoms with Crippen molar-refractivity contribution in [1.82, 2.24) is 24.9 Å². The molecule has 232 valence electrons. The molecule has 0 spiro atoms. The first-order chi connectivity index (χ1) is 24.8. The van der Waals surface area contributed by atoms with Crippen molar-refractivity contribution < 1.29 is 0 Å². The molecular formula is C45H27N5. The van der Waals surface area contributed by atoms with Crippen LogP contribution in [0.25, 0.3) is 99.5 Å². The standard InChI is InChI=1S/C45H27N5/c1-3-11-28(12-4-1)43-44(29-13-5-2-6-14-29)50-45-38(49-43)25-23-35-39(45)34-18-7-8-19-37(34)48-40(35)33-16-9-15-32(27-33)36-24-22-31-21-20-30-17-10-26-46-41(30)42(31)47-36/h1-27H. The van der Waals surface area contributed by atoms with Gasteiger partial charge in [-0.15, -0.1) is 0 Å². The van der Waals surface area contributed by atoms with E-state index < -0.39 is 0 Å². The molecule has 0 aliphatic carbocycles. The summed E-state index contributed by atoms with van der Waals surface area (Å²) in [5.74, 6) is 0. The highest BCUT2D eigenvalue weighted by atomic mass is 14.8. The van der Waals surface area contributed by atoms with Crippen LogP contribution in [0.2, 0.25) is 0 Å². The molecule has 0 unspecified atom stereocenters. The molecule has 0 N–H and O–H groups in total. The normalized spacial score (nSPS) is 11.6. The molecule has 0 radical (unpaired) electrons. The summed E-state index contributed by atoms with van der Waals surface area (Å²) in [6.07, 6.45) is 1.83. The molecule has 0 aliphatic rings. The van der Waals surface area contributed by atoms with Gasteiger partial charge in [0.2, 0.25) is 0 Å². The number of pyridine rings is 3. The van der Waals surface area contributed by atoms with Gasteiger partial charge < -0.3 is 0 Å². The van der Waals surface area contributed by atoms with E-state index in [1.165, 1.54) is 0 Å². The Morgan fingerprint density at radius 3 is 1.82 bits per heavy atom. The first-order valence-electron chi connectivity index (χ1n) is 16.7. The zero-order valence-electron chi connectivity index (χ0n) is 26.8. The first kappa shape index (κ1) is 28.2. The third-order valence-corrected chi connectivity index (χ3v) is 9.46. The van der Waals surface area contributed by atoms with E-state index in [-0.39, 0.29) is 0 Å². The molecule has 10 rings (SSSR count). The van der Waals surface area contributed by atoms with Crippen LogP contribution in [0.1, 0.15) is 0 Å². The van der Waals surface area contributed by atoms with E-state index in [2.05, 4.69) is 114 Å². The van der Waals surface area contributed by atoms with Crippen molar-refractivity contribution in [2.75, 3.05) is 0 Å². The highest BCUT2D eigenvalue weighted by molar-refractivity contribution is 6.21. The maximum absolute atomic E-state index is 5.45. The Morgan fingerprint density at radius 2 is 1.00 bits per heavy atom. The number of para-hydroxylation sites is 1. The van der Waals surface area contributed by atoms with Crippen LogP contribution in [0.15, 0.2) is 164 Å². The number of benzene rings is 6. The van der Waals surface area contributed by atoms with Gasteiger partial charge in [0.15, 0.2) is 0 Å². The fourth-order valence-electron chi connectivity index (χ4n) is 7.08. The van der Waals surface area contributed by atoms with Gasteiger partial charge in [-0.25, -0.2) is 19.9 Å². The molecule has 0 atom stereocenters. The minimum Gasteiger partial charge on any atom is -0.254 e. The average Bonchev–Trinajstić information content (AvgIpc) is 3.20. The van der Waals surface area contributed by atoms with Crippen molar-refractivity contribution in [3.05, 3.63) is 164 Å². The molecule has 0 saturated carbocycles. The Kier molecular flexibility index (Phi) is 6.42. The molecule has 5 heteroatoms. The lowest BCUT2D eigenvalue weighted by atomic mass is 9.96. The van der Waals surface area contributed by atoms with Crippen molar-refractivity contribution in [1.29, 1.82) is 0 Å². The van der Waals surface area contributed by atoms with Gasteiger partial charge in [0.1, 0.15) is 0 Å². The van der Waals surface area contributed by atoms with Gasteiger partial charge in [-0.05, 0) is 36.4 Å². The number of rotatable bonds is 4. The lowest BCUT2D eigenvalue weighted by molar-refractivity contribution is 1.30. The number of nitrogens with zero attached hydrogens (tertiary/aromatic N) is 5. The maximum Gasteiger partial charge on any atom is 0.0980 e. The van der Waals surface area contributed by atoms with Gasteiger partial charge in [-0.1, -0.05) is 121 Å². The third-order valence-electron chi connectivity index (χ3n) is 9.46. The van der Waals surface area contributed by atoms with E-state index in [1.54, 1.807) is 0 Å². The smallest absolute Gasteiger partial charge is 0.0980 e. The summed E-state index contributed by atoms with van der Waals surface area (Å²) in [6, 6.07) is 54.1. The molecule has 6 aromatic carbocycles. The predicted molar refractivity (Wildman–Crippen MR) is 205 cm³/mol. The number of hydrogen-bond acceptors (Lipinski definition) is 5. The van der Waals surface area contributed by atoms with E-state index in [0.717, 1.165) is 99.5 Å². The Hall–Kier alpha value is -6.85. The summed E-state index contributed by atoms with van der Waals surface area (Å²) in [5.41, 5.74) is 12.0. The number of fused-ring (bicyclic) bond motifs is 8. The number of hydrogen-bond donors (Lipinski definition) is 0. The molecule has 4 aromatic heterocycles. The van der Waals surface area contributed by atoms with E-state index in [1.807, 2.05) is 54.7 Å². The molecule has 4 heterocycles. The van der Waals surface area contributed by atoms with Crippen LogP contribution in [0.3, 0.4) is 0 Å². The Labute approximate surface area is 287 Å². The van der Waals surface area contributed by atoms with Crippen LogP contribution < -0.4 is 0 Å². The Morgan fingerprint density at radius 1 is 0.340 bits per heavy atom. The molecule has 10 aromatic rings. The lowest BCUT2D eigenvalue weighted by Crippen LogP contribution is -1.98. The second-order valence-corrected chi connectivity index (χ2v) is 12.5. The molecule has 0 aliphatic heterocycles. The van der Waals surface area contributed by atoms with E-state index in [4.69, 9.17) is 19.9 Å². The fourth-order valence-corrected chi connectivity index (χ4v) is 7.08. The molecular weight excluding hydrogens is 611 g/mol. The van der Waals surface area contributed by atoms with E-state index >= 15 is 0 Å². The van der Waals surface area contributed by atoms with Gasteiger partial charge in [0.25, 0.3) is 0 Å². The maximum atomic E-state index is 5.45. The van der Waals surface area contributed by atoms with E-state index in [9.17, 15) is 0 Å². The quantitative estimate of drug-likeness (QED) is 0.180. The van der Waals surface area contributed by atoms with Crippen LogP contribution in [-0.4, -0.2) is 24.9 Å². The van der Waals surface area contributed by atoms with Crippen molar-refractivity contribution in [2.45, 2.75) is 0 Å². The summed E-state index contributed by atoms with van der Waals surface area (Å²) in [7, 11) is 0. The van der Waals surface area contributed by atoms with Crippen LogP contribution in [0.5, 0.6) is 0 Å². The summed E-state index contributed by atoms with van der Waals surface area (Å²) < 4.78 is 0.